The van der Waals surface area contributed by atoms with Crippen LogP contribution in [-0.4, -0.2) is 191 Å². The number of rotatable bonds is 33. The van der Waals surface area contributed by atoms with E-state index in [1.165, 1.54) is 31.7 Å². The molecule has 15 N–H and O–H groups in total. The lowest BCUT2D eigenvalue weighted by atomic mass is 9.95. The second kappa shape index (κ2) is 44.1. The minimum Gasteiger partial charge on any atom is -0.458 e. The Morgan fingerprint density at radius 3 is 1.69 bits per heavy atom. The minimum atomic E-state index is -1.84. The molecule has 2 saturated heterocycles. The third-order valence-corrected chi connectivity index (χ3v) is 19.6. The number of amides is 13. The Morgan fingerprint density at radius 2 is 1.16 bits per heavy atom. The maximum absolute atomic E-state index is 15.1. The van der Waals surface area contributed by atoms with Gasteiger partial charge in [-0.25, -0.2) is 4.79 Å². The molecule has 0 bridgehead atoms. The average Bonchev–Trinajstić information content (AvgIpc) is 1.67. The van der Waals surface area contributed by atoms with Gasteiger partial charge in [-0.1, -0.05) is 160 Å². The molecule has 0 spiro atoms. The van der Waals surface area contributed by atoms with Crippen LogP contribution in [-0.2, 0) is 78.3 Å². The molecule has 1 aromatic rings. The Labute approximate surface area is 630 Å². The summed E-state index contributed by atoms with van der Waals surface area (Å²) in [6, 6.07) is -10.1. The quantitative estimate of drug-likeness (QED) is 0.0355. The number of nitrogens with one attached hydrogen (secondary N) is 12. The van der Waals surface area contributed by atoms with E-state index in [-0.39, 0.29) is 63.2 Å². The summed E-state index contributed by atoms with van der Waals surface area (Å²) in [6.45, 7) is 31.7. The number of likely N-dealkylation sites (tertiary alicyclic amines) is 1. The number of carbonyl (C=O) groups excluding carboxylic acids is 14. The molecule has 596 valence electrons. The molecule has 1 aromatic carbocycles. The zero-order chi connectivity index (χ0) is 80.3. The highest BCUT2D eigenvalue weighted by Gasteiger charge is 2.44. The number of halogens is 1. The first kappa shape index (κ1) is 92.0. The molecular formula is C75H123ClN14O16. The van der Waals surface area contributed by atoms with Crippen molar-refractivity contribution in [3.8, 4) is 0 Å². The number of aliphatic hydroxyl groups is 1. The number of hydrogen-bond acceptors (Lipinski definition) is 17. The Bertz CT molecular complexity index is 3220. The lowest BCUT2D eigenvalue weighted by Gasteiger charge is -2.33. The summed E-state index contributed by atoms with van der Waals surface area (Å²) in [6.07, 6.45) is 0.903. The molecule has 31 heteroatoms. The number of nitrogens with two attached hydrogens (primary N) is 1. The van der Waals surface area contributed by atoms with Crippen molar-refractivity contribution in [2.24, 2.45) is 53.1 Å². The van der Waals surface area contributed by atoms with Gasteiger partial charge < -0.3 is 84.3 Å². The van der Waals surface area contributed by atoms with Crippen molar-refractivity contribution in [2.45, 2.75) is 280 Å². The number of esters is 1. The summed E-state index contributed by atoms with van der Waals surface area (Å²) in [7, 11) is 0. The fourth-order valence-electron chi connectivity index (χ4n) is 12.1. The summed E-state index contributed by atoms with van der Waals surface area (Å²) in [4.78, 5) is 202. The maximum atomic E-state index is 15.1. The van der Waals surface area contributed by atoms with Gasteiger partial charge in [-0.05, 0) is 124 Å². The predicted octanol–water partition coefficient (Wildman–Crippen LogP) is 2.49. The molecule has 2 fully saturated rings. The molecular weight excluding hydrogens is 1390 g/mol. The van der Waals surface area contributed by atoms with Crippen molar-refractivity contribution < 1.29 is 77.0 Å². The third kappa shape index (κ3) is 27.8. The van der Waals surface area contributed by atoms with E-state index < -0.39 is 203 Å². The summed E-state index contributed by atoms with van der Waals surface area (Å²) < 4.78 is 5.96. The number of nitrogens with zero attached hydrogens (tertiary/aromatic N) is 1. The molecule has 0 aliphatic carbocycles. The van der Waals surface area contributed by atoms with E-state index in [4.69, 9.17) is 22.1 Å². The second-order valence-electron chi connectivity index (χ2n) is 30.3. The maximum Gasteiger partial charge on any atom is 0.329 e. The number of cyclic esters (lactones) is 1. The number of aliphatic hydroxyl groups excluding tert-OH is 1. The first-order valence-electron chi connectivity index (χ1n) is 37.6. The standard InChI is InChI=1S/C75H123ClN14O16/c1-20-43(16)59(71(101)89-62-46(19)106-75(105)58(42(14)15)85-63(93)49(22-3)78-65(95)51(36-47-30-32-48(76)33-31-47)80-67(97)55(39(8)9)82-70(100)60(44(17)21-2)87-73(62)103)86-64(94)50(27-24-34-77)79-66(96)52-28-25-35-90(52)74(104)57(41(12)13)84-69(99)56(40(10)11)83-72(102)61(45(18)91)88-68(98)54(38(6)7)81-53(92)29-23-26-37(4)5/h22,30-33,37-46,50-52,54-62,91H,20-21,23-29,34-36,77H2,1-19H3,(H,78,95)(H,79,96)(H,80,97)(H,81,92)(H,82,100)(H,83,102)(H,84,99)(H,85,93)(H,86,94)(H,87,103)(H,88,98)(H,89,101)/b49-22-/t43?,44?,45?,46?,50-,51-,52+,54+,55+,56-,57+,58-,59+,60+,61-,62+/m0/s1. The molecule has 0 saturated carbocycles. The third-order valence-electron chi connectivity index (χ3n) is 19.3. The van der Waals surface area contributed by atoms with Crippen molar-refractivity contribution in [1.82, 2.24) is 68.7 Å². The van der Waals surface area contributed by atoms with Gasteiger partial charge in [-0.15, -0.1) is 0 Å². The van der Waals surface area contributed by atoms with Crippen LogP contribution in [0.1, 0.15) is 195 Å². The molecule has 0 radical (unpaired) electrons. The predicted molar refractivity (Wildman–Crippen MR) is 400 cm³/mol. The summed E-state index contributed by atoms with van der Waals surface area (Å²) in [5.74, 6) is -15.3. The van der Waals surface area contributed by atoms with Gasteiger partial charge in [-0.2, -0.15) is 0 Å². The van der Waals surface area contributed by atoms with E-state index in [9.17, 15) is 62.6 Å². The van der Waals surface area contributed by atoms with Gasteiger partial charge in [0.15, 0.2) is 0 Å². The number of hydrogen-bond donors (Lipinski definition) is 14. The van der Waals surface area contributed by atoms with Crippen LogP contribution in [0, 0.1) is 47.3 Å². The molecule has 30 nitrogen and oxygen atoms in total. The van der Waals surface area contributed by atoms with E-state index in [2.05, 4.69) is 63.8 Å². The van der Waals surface area contributed by atoms with E-state index in [1.807, 2.05) is 13.8 Å². The van der Waals surface area contributed by atoms with Crippen molar-refractivity contribution in [1.29, 1.82) is 0 Å². The Kier molecular flexibility index (Phi) is 38.3. The zero-order valence-electron chi connectivity index (χ0n) is 65.5. The molecule has 106 heavy (non-hydrogen) atoms. The largest absolute Gasteiger partial charge is 0.458 e. The van der Waals surface area contributed by atoms with Gasteiger partial charge in [0, 0.05) is 24.4 Å². The summed E-state index contributed by atoms with van der Waals surface area (Å²) >= 11 is 6.17. The van der Waals surface area contributed by atoms with E-state index in [0.29, 0.717) is 35.8 Å². The van der Waals surface area contributed by atoms with Crippen LogP contribution in [0.15, 0.2) is 36.0 Å². The van der Waals surface area contributed by atoms with Gasteiger partial charge in [0.2, 0.25) is 70.9 Å². The fourth-order valence-corrected chi connectivity index (χ4v) is 12.3. The Hall–Kier alpha value is -8.25. The van der Waals surface area contributed by atoms with Gasteiger partial charge in [0.05, 0.1) is 6.10 Å². The second-order valence-corrected chi connectivity index (χ2v) is 30.8. The molecule has 13 amide bonds. The smallest absolute Gasteiger partial charge is 0.329 e. The van der Waals surface area contributed by atoms with Crippen LogP contribution < -0.4 is 69.5 Å². The van der Waals surface area contributed by atoms with Crippen LogP contribution in [0.4, 0.5) is 0 Å². The molecule has 16 atom stereocenters. The Morgan fingerprint density at radius 1 is 0.623 bits per heavy atom. The first-order valence-corrected chi connectivity index (χ1v) is 38.0. The first-order chi connectivity index (χ1) is 49.6. The molecule has 2 aliphatic rings. The highest BCUT2D eigenvalue weighted by Crippen LogP contribution is 2.24. The lowest BCUT2D eigenvalue weighted by Crippen LogP contribution is -2.64. The summed E-state index contributed by atoms with van der Waals surface area (Å²) in [5.41, 5.74) is 6.24. The van der Waals surface area contributed by atoms with Gasteiger partial charge in [0.25, 0.3) is 5.91 Å². The lowest BCUT2D eigenvalue weighted by molar-refractivity contribution is -0.157. The molecule has 2 aliphatic heterocycles. The minimum absolute atomic E-state index is 0.0561. The van der Waals surface area contributed by atoms with Crippen LogP contribution in [0.5, 0.6) is 0 Å². The highest BCUT2D eigenvalue weighted by atomic mass is 35.5. The van der Waals surface area contributed by atoms with Gasteiger partial charge in [0.1, 0.15) is 84.3 Å². The normalized spacial score (nSPS) is 22.5. The Balaban J connectivity index is 2.00. The molecule has 3 rings (SSSR count). The SMILES string of the molecule is C/C=C1\NC(=O)[C@H](Cc2ccc(Cl)cc2)NC(=O)[C@@H](C(C)C)NC(=O)[C@@H](C(C)CC)NC(=O)[C@H](NC(=O)[C@H](NC(=O)[C@H](CCCN)NC(=O)[C@H]2CCCN2C(=O)[C@H](NC(=O)[C@@H](NC(=O)[C@@H](NC(=O)[C@H](NC(=O)CCCC(C)C)C(C)C)C(C)O)C(C)C)C(C)C)C(C)CC)C(C)OC(=O)[C@H](C(C)C)NC1=O. The zero-order valence-corrected chi connectivity index (χ0v) is 66.3. The van der Waals surface area contributed by atoms with Crippen LogP contribution in [0.25, 0.3) is 0 Å². The van der Waals surface area contributed by atoms with E-state index in [0.717, 1.165) is 6.42 Å². The number of carbonyl (C=O) groups is 14. The number of allylic oxidation sites excluding steroid dienone is 1. The van der Waals surface area contributed by atoms with Gasteiger partial charge >= 0.3 is 5.97 Å². The molecule has 0 aromatic heterocycles. The topological polar surface area (TPSA) is 442 Å². The van der Waals surface area contributed by atoms with Crippen molar-refractivity contribution in [3.05, 3.63) is 46.6 Å². The average molecular weight is 1510 g/mol. The molecule has 2 heterocycles. The van der Waals surface area contributed by atoms with Crippen LogP contribution in [0.3, 0.4) is 0 Å². The van der Waals surface area contributed by atoms with E-state index in [1.54, 1.807) is 121 Å². The van der Waals surface area contributed by atoms with Crippen molar-refractivity contribution in [3.63, 3.8) is 0 Å². The van der Waals surface area contributed by atoms with E-state index >= 15 is 9.59 Å². The molecule has 4 unspecified atom stereocenters. The number of ether oxygens (including phenoxy) is 1. The number of benzene rings is 1. The van der Waals surface area contributed by atoms with Crippen LogP contribution >= 0.6 is 11.6 Å². The fraction of sp³-hybridized carbons (Fsp3) is 0.707. The highest BCUT2D eigenvalue weighted by molar-refractivity contribution is 6.30. The monoisotopic (exact) mass is 1510 g/mol. The van der Waals surface area contributed by atoms with Crippen LogP contribution in [0.2, 0.25) is 5.02 Å². The summed E-state index contributed by atoms with van der Waals surface area (Å²) in [5, 5.41) is 43.5. The van der Waals surface area contributed by atoms with Gasteiger partial charge in [-0.3, -0.25) is 62.3 Å². The van der Waals surface area contributed by atoms with Crippen molar-refractivity contribution in [2.75, 3.05) is 13.1 Å². The van der Waals surface area contributed by atoms with Crippen molar-refractivity contribution >= 4 is 94.4 Å².